The monoisotopic (exact) mass is 232 g/mol. The van der Waals surface area contributed by atoms with Gasteiger partial charge in [0.1, 0.15) is 5.82 Å². The molecular formula is C11H12N4O2. The largest absolute Gasteiger partial charge is 0.329 e. The summed E-state index contributed by atoms with van der Waals surface area (Å²) in [6, 6.07) is 0. The molecule has 2 heterocycles. The van der Waals surface area contributed by atoms with Gasteiger partial charge in [-0.15, -0.1) is 5.92 Å². The molecule has 1 N–H and O–H groups in total. The summed E-state index contributed by atoms with van der Waals surface area (Å²) < 4.78 is 3.02. The lowest BCUT2D eigenvalue weighted by Crippen LogP contribution is -2.29. The molecule has 0 aliphatic rings. The van der Waals surface area contributed by atoms with Gasteiger partial charge in [0.05, 0.1) is 6.54 Å². The lowest BCUT2D eigenvalue weighted by atomic mass is 10.5. The average molecular weight is 232 g/mol. The summed E-state index contributed by atoms with van der Waals surface area (Å²) in [5, 5.41) is 0. The standard InChI is InChI=1S/C11H12N4O2/c1-4-5-6-15-7(2)12-9-8(15)10(16)13-11(17)14(9)3/h6H2,1-3H3,(H,13,16,17). The highest BCUT2D eigenvalue weighted by molar-refractivity contribution is 5.70. The maximum Gasteiger partial charge on any atom is 0.329 e. The van der Waals surface area contributed by atoms with E-state index in [2.05, 4.69) is 21.8 Å². The number of aromatic amines is 1. The first-order valence-corrected chi connectivity index (χ1v) is 5.12. The minimum atomic E-state index is -0.464. The third-order valence-electron chi connectivity index (χ3n) is 2.61. The molecule has 0 radical (unpaired) electrons. The summed E-state index contributed by atoms with van der Waals surface area (Å²) in [5.74, 6) is 6.30. The van der Waals surface area contributed by atoms with E-state index in [4.69, 9.17) is 0 Å². The van der Waals surface area contributed by atoms with Gasteiger partial charge in [-0.25, -0.2) is 9.78 Å². The van der Waals surface area contributed by atoms with Crippen LogP contribution in [0.3, 0.4) is 0 Å². The molecule has 0 aromatic carbocycles. The topological polar surface area (TPSA) is 72.7 Å². The molecule has 6 heteroatoms. The fourth-order valence-electron chi connectivity index (χ4n) is 1.69. The van der Waals surface area contributed by atoms with Crippen LogP contribution in [-0.2, 0) is 13.6 Å². The number of aryl methyl sites for hydroxylation is 2. The van der Waals surface area contributed by atoms with Crippen LogP contribution in [0.4, 0.5) is 0 Å². The Morgan fingerprint density at radius 1 is 1.41 bits per heavy atom. The number of H-pyrrole nitrogens is 1. The van der Waals surface area contributed by atoms with E-state index in [1.165, 1.54) is 4.57 Å². The zero-order chi connectivity index (χ0) is 12.6. The fourth-order valence-corrected chi connectivity index (χ4v) is 1.69. The molecule has 2 rings (SSSR count). The maximum atomic E-state index is 11.8. The highest BCUT2D eigenvalue weighted by atomic mass is 16.2. The Bertz CT molecular complexity index is 752. The minimum Gasteiger partial charge on any atom is -0.311 e. The molecule has 0 aliphatic carbocycles. The molecule has 2 aromatic rings. The highest BCUT2D eigenvalue weighted by Gasteiger charge is 2.13. The molecule has 0 saturated carbocycles. The van der Waals surface area contributed by atoms with E-state index < -0.39 is 11.2 Å². The normalized spacial score (nSPS) is 10.3. The Morgan fingerprint density at radius 2 is 2.12 bits per heavy atom. The van der Waals surface area contributed by atoms with Gasteiger partial charge in [-0.1, -0.05) is 5.92 Å². The van der Waals surface area contributed by atoms with Crippen molar-refractivity contribution in [3.05, 3.63) is 26.7 Å². The van der Waals surface area contributed by atoms with Crippen LogP contribution in [0.25, 0.3) is 11.2 Å². The number of nitrogens with zero attached hydrogens (tertiary/aromatic N) is 3. The van der Waals surface area contributed by atoms with Crippen LogP contribution >= 0.6 is 0 Å². The van der Waals surface area contributed by atoms with Gasteiger partial charge in [-0.05, 0) is 13.8 Å². The van der Waals surface area contributed by atoms with Crippen LogP contribution in [0.5, 0.6) is 0 Å². The summed E-state index contributed by atoms with van der Waals surface area (Å²) >= 11 is 0. The Labute approximate surface area is 96.9 Å². The smallest absolute Gasteiger partial charge is 0.311 e. The Kier molecular flexibility index (Phi) is 2.60. The van der Waals surface area contributed by atoms with Gasteiger partial charge >= 0.3 is 5.69 Å². The van der Waals surface area contributed by atoms with Gasteiger partial charge in [0.2, 0.25) is 0 Å². The van der Waals surface area contributed by atoms with Crippen LogP contribution in [-0.4, -0.2) is 19.1 Å². The highest BCUT2D eigenvalue weighted by Crippen LogP contribution is 2.08. The second-order valence-electron chi connectivity index (χ2n) is 3.66. The zero-order valence-corrected chi connectivity index (χ0v) is 9.87. The first-order valence-electron chi connectivity index (χ1n) is 5.12. The molecule has 0 saturated heterocycles. The van der Waals surface area contributed by atoms with E-state index in [-0.39, 0.29) is 0 Å². The number of hydrogen-bond acceptors (Lipinski definition) is 3. The molecule has 2 aromatic heterocycles. The van der Waals surface area contributed by atoms with Gasteiger partial charge in [0.25, 0.3) is 5.56 Å². The third-order valence-corrected chi connectivity index (χ3v) is 2.61. The van der Waals surface area contributed by atoms with E-state index in [0.717, 1.165) is 0 Å². The second-order valence-corrected chi connectivity index (χ2v) is 3.66. The molecule has 0 atom stereocenters. The van der Waals surface area contributed by atoms with Crippen molar-refractivity contribution in [2.24, 2.45) is 7.05 Å². The zero-order valence-electron chi connectivity index (χ0n) is 9.87. The van der Waals surface area contributed by atoms with Crippen LogP contribution in [0.15, 0.2) is 9.59 Å². The van der Waals surface area contributed by atoms with Crippen molar-refractivity contribution >= 4 is 11.2 Å². The molecule has 0 bridgehead atoms. The number of hydrogen-bond donors (Lipinski definition) is 1. The van der Waals surface area contributed by atoms with Crippen LogP contribution in [0, 0.1) is 18.8 Å². The van der Waals surface area contributed by atoms with Crippen molar-refractivity contribution in [2.45, 2.75) is 20.4 Å². The Balaban J connectivity index is 2.90. The molecule has 0 aliphatic heterocycles. The fraction of sp³-hybridized carbons (Fsp3) is 0.364. The predicted octanol–water partition coefficient (Wildman–Crippen LogP) is -0.245. The van der Waals surface area contributed by atoms with Crippen LogP contribution < -0.4 is 11.2 Å². The van der Waals surface area contributed by atoms with Crippen molar-refractivity contribution in [1.29, 1.82) is 0 Å². The van der Waals surface area contributed by atoms with Gasteiger partial charge < -0.3 is 4.57 Å². The molecule has 0 fully saturated rings. The first-order chi connectivity index (χ1) is 8.06. The van der Waals surface area contributed by atoms with E-state index in [0.29, 0.717) is 23.5 Å². The van der Waals surface area contributed by atoms with Gasteiger partial charge in [0.15, 0.2) is 11.2 Å². The van der Waals surface area contributed by atoms with Gasteiger partial charge in [-0.2, -0.15) is 0 Å². The first kappa shape index (κ1) is 11.2. The summed E-state index contributed by atoms with van der Waals surface area (Å²) in [4.78, 5) is 29.7. The van der Waals surface area contributed by atoms with E-state index in [1.54, 1.807) is 25.5 Å². The summed E-state index contributed by atoms with van der Waals surface area (Å²) in [5.41, 5.74) is -0.128. The van der Waals surface area contributed by atoms with Gasteiger partial charge in [-0.3, -0.25) is 14.3 Å². The van der Waals surface area contributed by atoms with E-state index in [9.17, 15) is 9.59 Å². The number of nitrogens with one attached hydrogen (secondary N) is 1. The van der Waals surface area contributed by atoms with Crippen molar-refractivity contribution in [3.63, 3.8) is 0 Å². The average Bonchev–Trinajstić information content (AvgIpc) is 2.61. The van der Waals surface area contributed by atoms with Gasteiger partial charge in [0, 0.05) is 7.05 Å². The molecule has 6 nitrogen and oxygen atoms in total. The molecule has 17 heavy (non-hydrogen) atoms. The van der Waals surface area contributed by atoms with Crippen molar-refractivity contribution in [2.75, 3.05) is 0 Å². The van der Waals surface area contributed by atoms with Crippen molar-refractivity contribution in [1.82, 2.24) is 19.1 Å². The van der Waals surface area contributed by atoms with E-state index >= 15 is 0 Å². The van der Waals surface area contributed by atoms with Crippen molar-refractivity contribution in [3.8, 4) is 11.8 Å². The van der Waals surface area contributed by atoms with Crippen molar-refractivity contribution < 1.29 is 0 Å². The maximum absolute atomic E-state index is 11.8. The quantitative estimate of drug-likeness (QED) is 0.689. The number of aromatic nitrogens is 4. The Morgan fingerprint density at radius 3 is 2.76 bits per heavy atom. The third kappa shape index (κ3) is 1.65. The lowest BCUT2D eigenvalue weighted by molar-refractivity contribution is 0.811. The molecule has 0 amide bonds. The number of rotatable bonds is 1. The van der Waals surface area contributed by atoms with Crippen LogP contribution in [0.1, 0.15) is 12.7 Å². The Hall–Kier alpha value is -2.29. The minimum absolute atomic E-state index is 0.382. The van der Waals surface area contributed by atoms with Crippen LogP contribution in [0.2, 0.25) is 0 Å². The number of fused-ring (bicyclic) bond motifs is 1. The molecule has 88 valence electrons. The number of imidazole rings is 1. The summed E-state index contributed by atoms with van der Waals surface area (Å²) in [6.45, 7) is 3.90. The predicted molar refractivity (Wildman–Crippen MR) is 63.8 cm³/mol. The summed E-state index contributed by atoms with van der Waals surface area (Å²) in [7, 11) is 1.57. The molecule has 0 unspecified atom stereocenters. The lowest BCUT2D eigenvalue weighted by Gasteiger charge is -2.00. The second kappa shape index (κ2) is 3.94. The SMILES string of the molecule is CC#CCn1c(C)nc2c1c(=O)[nH]c(=O)n2C. The molecular weight excluding hydrogens is 220 g/mol. The van der Waals surface area contributed by atoms with E-state index in [1.807, 2.05) is 0 Å². The molecule has 0 spiro atoms. The summed E-state index contributed by atoms with van der Waals surface area (Å²) in [6.07, 6.45) is 0.